The summed E-state index contributed by atoms with van der Waals surface area (Å²) in [7, 11) is 4.00. The van der Waals surface area contributed by atoms with Crippen LogP contribution >= 0.6 is 0 Å². The predicted octanol–water partition coefficient (Wildman–Crippen LogP) is 2.21. The minimum Gasteiger partial charge on any atom is -0.494 e. The topological polar surface area (TPSA) is 41.6 Å². The Bertz CT molecular complexity index is 416. The molecule has 4 nitrogen and oxygen atoms in total. The molecule has 0 radical (unpaired) electrons. The Kier molecular flexibility index (Phi) is 6.50. The maximum Gasteiger partial charge on any atom is 0.243 e. The molecular formula is C15H22N2O2. The molecule has 1 amide bonds. The van der Waals surface area contributed by atoms with Gasteiger partial charge in [-0.3, -0.25) is 4.79 Å². The molecule has 0 fully saturated rings. The van der Waals surface area contributed by atoms with Gasteiger partial charge in [0.2, 0.25) is 5.91 Å². The second-order valence-corrected chi connectivity index (χ2v) is 4.44. The van der Waals surface area contributed by atoms with E-state index in [2.05, 4.69) is 11.9 Å². The molecule has 0 aliphatic rings. The first-order valence-electron chi connectivity index (χ1n) is 6.44. The summed E-state index contributed by atoms with van der Waals surface area (Å²) in [5.74, 6) is 0.751. The molecule has 0 aromatic heterocycles. The smallest absolute Gasteiger partial charge is 0.243 e. The maximum absolute atomic E-state index is 10.9. The minimum absolute atomic E-state index is 0.125. The van der Waals surface area contributed by atoms with Crippen LogP contribution in [0.5, 0.6) is 5.75 Å². The van der Waals surface area contributed by atoms with Gasteiger partial charge in [0.15, 0.2) is 0 Å². The summed E-state index contributed by atoms with van der Waals surface area (Å²) < 4.78 is 5.67. The third kappa shape index (κ3) is 5.95. The van der Waals surface area contributed by atoms with E-state index in [4.69, 9.17) is 4.74 Å². The van der Waals surface area contributed by atoms with E-state index in [1.165, 1.54) is 6.08 Å². The van der Waals surface area contributed by atoms with Crippen LogP contribution in [0.1, 0.15) is 12.8 Å². The summed E-state index contributed by atoms with van der Waals surface area (Å²) in [6, 6.07) is 7.98. The Hall–Kier alpha value is -1.97. The first kappa shape index (κ1) is 15.1. The van der Waals surface area contributed by atoms with Crippen LogP contribution in [0, 0.1) is 0 Å². The fourth-order valence-corrected chi connectivity index (χ4v) is 1.55. The zero-order valence-corrected chi connectivity index (χ0v) is 11.7. The van der Waals surface area contributed by atoms with Gasteiger partial charge in [-0.25, -0.2) is 0 Å². The Balaban J connectivity index is 2.20. The fraction of sp³-hybridized carbons (Fsp3) is 0.400. The molecular weight excluding hydrogens is 240 g/mol. The fourth-order valence-electron chi connectivity index (χ4n) is 1.55. The van der Waals surface area contributed by atoms with E-state index in [0.29, 0.717) is 13.2 Å². The Morgan fingerprint density at radius 2 is 2.21 bits per heavy atom. The van der Waals surface area contributed by atoms with Gasteiger partial charge in [-0.1, -0.05) is 12.6 Å². The zero-order valence-electron chi connectivity index (χ0n) is 11.7. The van der Waals surface area contributed by atoms with Gasteiger partial charge in [0.1, 0.15) is 5.75 Å². The van der Waals surface area contributed by atoms with E-state index < -0.39 is 0 Å². The highest BCUT2D eigenvalue weighted by atomic mass is 16.5. The van der Waals surface area contributed by atoms with Crippen LogP contribution < -0.4 is 15.0 Å². The van der Waals surface area contributed by atoms with Crippen LogP contribution in [0.3, 0.4) is 0 Å². The number of unbranched alkanes of at least 4 members (excludes halogenated alkanes) is 1. The molecule has 1 N–H and O–H groups in total. The van der Waals surface area contributed by atoms with Gasteiger partial charge in [0.05, 0.1) is 6.61 Å². The normalized spacial score (nSPS) is 9.79. The average Bonchev–Trinajstić information content (AvgIpc) is 2.42. The number of anilines is 1. The van der Waals surface area contributed by atoms with Gasteiger partial charge in [-0.2, -0.15) is 0 Å². The van der Waals surface area contributed by atoms with Crippen molar-refractivity contribution < 1.29 is 9.53 Å². The Labute approximate surface area is 115 Å². The largest absolute Gasteiger partial charge is 0.494 e. The number of carbonyl (C=O) groups excluding carboxylic acids is 1. The molecule has 0 unspecified atom stereocenters. The molecule has 1 aromatic rings. The molecule has 0 bridgehead atoms. The predicted molar refractivity (Wildman–Crippen MR) is 78.7 cm³/mol. The number of carbonyl (C=O) groups is 1. The second kappa shape index (κ2) is 8.19. The van der Waals surface area contributed by atoms with Crippen molar-refractivity contribution in [1.82, 2.24) is 5.32 Å². The lowest BCUT2D eigenvalue weighted by Gasteiger charge is -2.14. The summed E-state index contributed by atoms with van der Waals surface area (Å²) in [5.41, 5.74) is 1.12. The monoisotopic (exact) mass is 262 g/mol. The number of nitrogens with one attached hydrogen (secondary N) is 1. The Morgan fingerprint density at radius 1 is 1.42 bits per heavy atom. The highest BCUT2D eigenvalue weighted by molar-refractivity contribution is 5.86. The first-order chi connectivity index (χ1) is 9.13. The highest BCUT2D eigenvalue weighted by Crippen LogP contribution is 2.19. The summed E-state index contributed by atoms with van der Waals surface area (Å²) in [4.78, 5) is 12.9. The molecule has 0 saturated carbocycles. The lowest BCUT2D eigenvalue weighted by atomic mass is 10.3. The number of hydrogen-bond acceptors (Lipinski definition) is 3. The third-order valence-electron chi connectivity index (χ3n) is 2.66. The van der Waals surface area contributed by atoms with Crippen LogP contribution in [0.4, 0.5) is 5.69 Å². The molecule has 1 rings (SSSR count). The molecule has 0 aliphatic heterocycles. The van der Waals surface area contributed by atoms with Crippen molar-refractivity contribution >= 4 is 11.6 Å². The molecule has 104 valence electrons. The van der Waals surface area contributed by atoms with Gasteiger partial charge in [-0.15, -0.1) is 0 Å². The molecule has 0 spiro atoms. The van der Waals surface area contributed by atoms with Crippen molar-refractivity contribution in [1.29, 1.82) is 0 Å². The molecule has 19 heavy (non-hydrogen) atoms. The average molecular weight is 262 g/mol. The lowest BCUT2D eigenvalue weighted by Crippen LogP contribution is -2.22. The van der Waals surface area contributed by atoms with Gasteiger partial charge in [-0.05, 0) is 31.1 Å². The molecule has 0 aliphatic carbocycles. The number of nitrogens with zero attached hydrogens (tertiary/aromatic N) is 1. The Morgan fingerprint density at radius 3 is 2.89 bits per heavy atom. The maximum atomic E-state index is 10.9. The van der Waals surface area contributed by atoms with E-state index >= 15 is 0 Å². The summed E-state index contributed by atoms with van der Waals surface area (Å²) >= 11 is 0. The van der Waals surface area contributed by atoms with Crippen molar-refractivity contribution in [3.8, 4) is 5.75 Å². The van der Waals surface area contributed by atoms with Crippen LogP contribution in [-0.2, 0) is 4.79 Å². The van der Waals surface area contributed by atoms with Crippen molar-refractivity contribution in [2.45, 2.75) is 12.8 Å². The van der Waals surface area contributed by atoms with E-state index in [1.807, 2.05) is 43.3 Å². The molecule has 4 heteroatoms. The van der Waals surface area contributed by atoms with E-state index in [1.54, 1.807) is 0 Å². The van der Waals surface area contributed by atoms with Gasteiger partial charge in [0, 0.05) is 32.4 Å². The number of rotatable bonds is 8. The van der Waals surface area contributed by atoms with E-state index in [9.17, 15) is 4.79 Å². The van der Waals surface area contributed by atoms with Crippen LogP contribution in [0.2, 0.25) is 0 Å². The van der Waals surface area contributed by atoms with Crippen molar-refractivity contribution in [2.75, 3.05) is 32.1 Å². The summed E-state index contributed by atoms with van der Waals surface area (Å²) in [5, 5.41) is 2.74. The van der Waals surface area contributed by atoms with E-state index in [-0.39, 0.29) is 5.91 Å². The minimum atomic E-state index is -0.125. The van der Waals surface area contributed by atoms with Gasteiger partial charge in [0.25, 0.3) is 0 Å². The van der Waals surface area contributed by atoms with Crippen molar-refractivity contribution in [3.63, 3.8) is 0 Å². The van der Waals surface area contributed by atoms with Crippen LogP contribution in [0.25, 0.3) is 0 Å². The number of hydrogen-bond donors (Lipinski definition) is 1. The lowest BCUT2D eigenvalue weighted by molar-refractivity contribution is -0.116. The SMILES string of the molecule is C=CC(=O)NCCCCOc1cccc(N(C)C)c1. The standard InChI is InChI=1S/C15H22N2O2/c1-4-15(18)16-10-5-6-11-19-14-9-7-8-13(12-14)17(2)3/h4,7-9,12H,1,5-6,10-11H2,2-3H3,(H,16,18). The number of benzene rings is 1. The van der Waals surface area contributed by atoms with Crippen LogP contribution in [-0.4, -0.2) is 33.2 Å². The second-order valence-electron chi connectivity index (χ2n) is 4.44. The first-order valence-corrected chi connectivity index (χ1v) is 6.44. The van der Waals surface area contributed by atoms with Gasteiger partial charge < -0.3 is 15.0 Å². The number of amides is 1. The number of ether oxygens (including phenoxy) is 1. The molecule has 0 heterocycles. The summed E-state index contributed by atoms with van der Waals surface area (Å²) in [6.45, 7) is 4.71. The van der Waals surface area contributed by atoms with Gasteiger partial charge >= 0.3 is 0 Å². The zero-order chi connectivity index (χ0) is 14.1. The van der Waals surface area contributed by atoms with E-state index in [0.717, 1.165) is 24.3 Å². The third-order valence-corrected chi connectivity index (χ3v) is 2.66. The highest BCUT2D eigenvalue weighted by Gasteiger charge is 1.99. The quantitative estimate of drug-likeness (QED) is 0.577. The van der Waals surface area contributed by atoms with Crippen molar-refractivity contribution in [2.24, 2.45) is 0 Å². The molecule has 0 saturated heterocycles. The van der Waals surface area contributed by atoms with Crippen LogP contribution in [0.15, 0.2) is 36.9 Å². The summed E-state index contributed by atoms with van der Waals surface area (Å²) in [6.07, 6.45) is 3.08. The van der Waals surface area contributed by atoms with Crippen molar-refractivity contribution in [3.05, 3.63) is 36.9 Å². The molecule has 0 atom stereocenters. The molecule has 1 aromatic carbocycles.